The van der Waals surface area contributed by atoms with E-state index in [1.807, 2.05) is 6.92 Å². The fraction of sp³-hybridized carbons (Fsp3) is 0.600. The first-order chi connectivity index (χ1) is 8.70. The lowest BCUT2D eigenvalue weighted by Gasteiger charge is -2.25. The van der Waals surface area contributed by atoms with Gasteiger partial charge >= 0.3 is 0 Å². The third-order valence-electron chi connectivity index (χ3n) is 3.38. The fourth-order valence-corrected chi connectivity index (χ4v) is 2.12. The third kappa shape index (κ3) is 3.72. The molecule has 0 aliphatic heterocycles. The summed E-state index contributed by atoms with van der Waals surface area (Å²) in [5, 5.41) is 3.60. The molecule has 18 heavy (non-hydrogen) atoms. The van der Waals surface area contributed by atoms with Gasteiger partial charge in [-0.3, -0.25) is 0 Å². The van der Waals surface area contributed by atoms with Gasteiger partial charge in [-0.2, -0.15) is 0 Å². The fourth-order valence-electron chi connectivity index (χ4n) is 2.12. The molecule has 1 fully saturated rings. The van der Waals surface area contributed by atoms with E-state index in [2.05, 4.69) is 48.6 Å². The standard InChI is InChI=1S/C15H24N2O/c1-4-18-14-9-5-12(6-10-14)15(17(2)3)11-16-13-7-8-13/h5-6,9-10,13,15-16H,4,7-8,11H2,1-3H3. The Morgan fingerprint density at radius 1 is 1.28 bits per heavy atom. The van der Waals surface area contributed by atoms with Crippen molar-refractivity contribution < 1.29 is 4.74 Å². The Morgan fingerprint density at radius 2 is 1.94 bits per heavy atom. The van der Waals surface area contributed by atoms with Crippen LogP contribution in [0.2, 0.25) is 0 Å². The highest BCUT2D eigenvalue weighted by Crippen LogP contribution is 2.24. The van der Waals surface area contributed by atoms with Crippen LogP contribution >= 0.6 is 0 Å². The Kier molecular flexibility index (Phi) is 4.61. The van der Waals surface area contributed by atoms with Crippen LogP contribution in [0.1, 0.15) is 31.4 Å². The van der Waals surface area contributed by atoms with Gasteiger partial charge in [-0.15, -0.1) is 0 Å². The third-order valence-corrected chi connectivity index (χ3v) is 3.38. The highest BCUT2D eigenvalue weighted by atomic mass is 16.5. The second-order valence-electron chi connectivity index (χ2n) is 5.16. The maximum Gasteiger partial charge on any atom is 0.119 e. The SMILES string of the molecule is CCOc1ccc(C(CNC2CC2)N(C)C)cc1. The van der Waals surface area contributed by atoms with E-state index >= 15 is 0 Å². The summed E-state index contributed by atoms with van der Waals surface area (Å²) in [6.07, 6.45) is 2.67. The van der Waals surface area contributed by atoms with Crippen molar-refractivity contribution in [3.05, 3.63) is 29.8 Å². The maximum absolute atomic E-state index is 5.48. The second kappa shape index (κ2) is 6.21. The Bertz CT molecular complexity index is 357. The molecular formula is C15H24N2O. The van der Waals surface area contributed by atoms with Crippen molar-refractivity contribution in [1.82, 2.24) is 10.2 Å². The van der Waals surface area contributed by atoms with E-state index in [9.17, 15) is 0 Å². The summed E-state index contributed by atoms with van der Waals surface area (Å²) >= 11 is 0. The lowest BCUT2D eigenvalue weighted by molar-refractivity contribution is 0.287. The van der Waals surface area contributed by atoms with Crippen LogP contribution in [0.15, 0.2) is 24.3 Å². The molecule has 1 aliphatic carbocycles. The molecule has 0 heterocycles. The van der Waals surface area contributed by atoms with Crippen LogP contribution in [0.25, 0.3) is 0 Å². The predicted molar refractivity (Wildman–Crippen MR) is 75.1 cm³/mol. The van der Waals surface area contributed by atoms with Crippen molar-refractivity contribution in [3.8, 4) is 5.75 Å². The first-order valence-electron chi connectivity index (χ1n) is 6.83. The Balaban J connectivity index is 1.99. The van der Waals surface area contributed by atoms with E-state index in [-0.39, 0.29) is 0 Å². The van der Waals surface area contributed by atoms with E-state index in [1.54, 1.807) is 0 Å². The van der Waals surface area contributed by atoms with Gasteiger partial charge in [0.1, 0.15) is 5.75 Å². The molecule has 1 unspecified atom stereocenters. The van der Waals surface area contributed by atoms with E-state index in [4.69, 9.17) is 4.74 Å². The average Bonchev–Trinajstić information content (AvgIpc) is 3.15. The zero-order chi connectivity index (χ0) is 13.0. The number of nitrogens with one attached hydrogen (secondary N) is 1. The van der Waals surface area contributed by atoms with E-state index in [0.717, 1.165) is 24.9 Å². The van der Waals surface area contributed by atoms with Gasteiger partial charge in [0.05, 0.1) is 6.61 Å². The second-order valence-corrected chi connectivity index (χ2v) is 5.16. The largest absolute Gasteiger partial charge is 0.494 e. The van der Waals surface area contributed by atoms with Gasteiger partial charge in [0.25, 0.3) is 0 Å². The minimum atomic E-state index is 0.432. The highest BCUT2D eigenvalue weighted by Gasteiger charge is 2.23. The van der Waals surface area contributed by atoms with Gasteiger partial charge < -0.3 is 15.0 Å². The first-order valence-corrected chi connectivity index (χ1v) is 6.83. The summed E-state index contributed by atoms with van der Waals surface area (Å²) in [7, 11) is 4.27. The van der Waals surface area contributed by atoms with E-state index in [0.29, 0.717) is 6.04 Å². The van der Waals surface area contributed by atoms with Crippen LogP contribution in [0.5, 0.6) is 5.75 Å². The lowest BCUT2D eigenvalue weighted by atomic mass is 10.1. The summed E-state index contributed by atoms with van der Waals surface area (Å²) in [5.74, 6) is 0.953. The predicted octanol–water partition coefficient (Wildman–Crippen LogP) is 2.44. The molecule has 1 saturated carbocycles. The van der Waals surface area contributed by atoms with Crippen LogP contribution in [0, 0.1) is 0 Å². The summed E-state index contributed by atoms with van der Waals surface area (Å²) in [5.41, 5.74) is 1.34. The first kappa shape index (κ1) is 13.4. The molecule has 0 aromatic heterocycles. The van der Waals surface area contributed by atoms with E-state index < -0.39 is 0 Å². The van der Waals surface area contributed by atoms with Crippen LogP contribution in [0.4, 0.5) is 0 Å². The topological polar surface area (TPSA) is 24.5 Å². The molecule has 0 spiro atoms. The normalized spacial score (nSPS) is 16.9. The van der Waals surface area contributed by atoms with Crippen LogP contribution in [-0.4, -0.2) is 38.2 Å². The number of likely N-dealkylation sites (N-methyl/N-ethyl adjacent to an activating group) is 1. The van der Waals surface area contributed by atoms with Gasteiger partial charge in [-0.25, -0.2) is 0 Å². The maximum atomic E-state index is 5.48. The quantitative estimate of drug-likeness (QED) is 0.802. The molecule has 1 N–H and O–H groups in total. The molecule has 0 saturated heterocycles. The number of rotatable bonds is 7. The number of nitrogens with zero attached hydrogens (tertiary/aromatic N) is 1. The molecule has 3 nitrogen and oxygen atoms in total. The Morgan fingerprint density at radius 3 is 2.44 bits per heavy atom. The zero-order valence-corrected chi connectivity index (χ0v) is 11.6. The molecule has 100 valence electrons. The van der Waals surface area contributed by atoms with Crippen molar-refractivity contribution in [1.29, 1.82) is 0 Å². The highest BCUT2D eigenvalue weighted by molar-refractivity contribution is 5.29. The Labute approximate surface area is 110 Å². The molecule has 3 heteroatoms. The number of ether oxygens (including phenoxy) is 1. The molecule has 0 bridgehead atoms. The van der Waals surface area contributed by atoms with E-state index in [1.165, 1.54) is 18.4 Å². The molecule has 1 aromatic rings. The number of hydrogen-bond donors (Lipinski definition) is 1. The van der Waals surface area contributed by atoms with Crippen molar-refractivity contribution in [2.45, 2.75) is 31.8 Å². The minimum Gasteiger partial charge on any atom is -0.494 e. The number of hydrogen-bond acceptors (Lipinski definition) is 3. The average molecular weight is 248 g/mol. The summed E-state index contributed by atoms with van der Waals surface area (Å²) in [4.78, 5) is 2.27. The monoisotopic (exact) mass is 248 g/mol. The van der Waals surface area contributed by atoms with Crippen LogP contribution < -0.4 is 10.1 Å². The van der Waals surface area contributed by atoms with Crippen molar-refractivity contribution in [3.63, 3.8) is 0 Å². The van der Waals surface area contributed by atoms with Crippen LogP contribution in [0.3, 0.4) is 0 Å². The molecule has 0 amide bonds. The molecule has 0 radical (unpaired) electrons. The lowest BCUT2D eigenvalue weighted by Crippen LogP contribution is -2.32. The van der Waals surface area contributed by atoms with Crippen molar-refractivity contribution >= 4 is 0 Å². The molecule has 1 atom stereocenters. The van der Waals surface area contributed by atoms with Gasteiger partial charge in [-0.1, -0.05) is 12.1 Å². The van der Waals surface area contributed by atoms with Gasteiger partial charge in [0, 0.05) is 18.6 Å². The van der Waals surface area contributed by atoms with Crippen molar-refractivity contribution in [2.75, 3.05) is 27.2 Å². The molecule has 1 aliphatic rings. The smallest absolute Gasteiger partial charge is 0.119 e. The molecular weight excluding hydrogens is 224 g/mol. The summed E-state index contributed by atoms with van der Waals surface area (Å²) in [6.45, 7) is 3.75. The van der Waals surface area contributed by atoms with Gasteiger partial charge in [0.15, 0.2) is 0 Å². The Hall–Kier alpha value is -1.06. The zero-order valence-electron chi connectivity index (χ0n) is 11.6. The minimum absolute atomic E-state index is 0.432. The van der Waals surface area contributed by atoms with Gasteiger partial charge in [-0.05, 0) is 51.6 Å². The van der Waals surface area contributed by atoms with Crippen molar-refractivity contribution in [2.24, 2.45) is 0 Å². The van der Waals surface area contributed by atoms with Gasteiger partial charge in [0.2, 0.25) is 0 Å². The summed E-state index contributed by atoms with van der Waals surface area (Å²) in [6, 6.07) is 9.66. The molecule has 1 aromatic carbocycles. The number of benzene rings is 1. The molecule has 2 rings (SSSR count). The van der Waals surface area contributed by atoms with Crippen LogP contribution in [-0.2, 0) is 0 Å². The summed E-state index contributed by atoms with van der Waals surface area (Å²) < 4.78 is 5.48.